The third-order valence-electron chi connectivity index (χ3n) is 2.87. The molecule has 1 fully saturated rings. The first-order valence-corrected chi connectivity index (χ1v) is 6.40. The Morgan fingerprint density at radius 1 is 1.22 bits per heavy atom. The summed E-state index contributed by atoms with van der Waals surface area (Å²) in [4.78, 5) is 22.9. The standard InChI is InChI=1S/C12H23N3O2.ClH/c1-9(2)11(16)14-7-8-15-12(17)10-5-3-4-6-13-10;/h9-10,13H,3-8H2,1-2H3,(H,14,16)(H,15,17);1H. The Balaban J connectivity index is 0.00000289. The number of hydrogen-bond donors (Lipinski definition) is 3. The molecular formula is C12H24ClN3O2. The molecule has 0 spiro atoms. The Hall–Kier alpha value is -0.810. The van der Waals surface area contributed by atoms with Crippen molar-refractivity contribution >= 4 is 24.2 Å². The molecule has 1 heterocycles. The van der Waals surface area contributed by atoms with E-state index < -0.39 is 0 Å². The second-order valence-corrected chi connectivity index (χ2v) is 4.74. The van der Waals surface area contributed by atoms with E-state index >= 15 is 0 Å². The highest BCUT2D eigenvalue weighted by Gasteiger charge is 2.19. The molecular weight excluding hydrogens is 254 g/mol. The number of rotatable bonds is 5. The second kappa shape index (κ2) is 9.16. The average molecular weight is 278 g/mol. The molecule has 1 saturated heterocycles. The predicted molar refractivity (Wildman–Crippen MR) is 73.7 cm³/mol. The third kappa shape index (κ3) is 6.21. The van der Waals surface area contributed by atoms with Crippen LogP contribution in [-0.2, 0) is 9.59 Å². The van der Waals surface area contributed by atoms with Crippen LogP contribution >= 0.6 is 12.4 Å². The Kier molecular flexibility index (Phi) is 8.75. The molecule has 0 aliphatic carbocycles. The molecule has 2 amide bonds. The molecule has 5 nitrogen and oxygen atoms in total. The lowest BCUT2D eigenvalue weighted by Crippen LogP contribution is -2.48. The lowest BCUT2D eigenvalue weighted by atomic mass is 10.0. The maximum absolute atomic E-state index is 11.7. The molecule has 1 aliphatic rings. The van der Waals surface area contributed by atoms with Gasteiger partial charge in [-0.3, -0.25) is 9.59 Å². The quantitative estimate of drug-likeness (QED) is 0.639. The molecule has 18 heavy (non-hydrogen) atoms. The normalized spacial score (nSPS) is 18.9. The van der Waals surface area contributed by atoms with Crippen molar-refractivity contribution in [1.82, 2.24) is 16.0 Å². The van der Waals surface area contributed by atoms with E-state index in [9.17, 15) is 9.59 Å². The van der Waals surface area contributed by atoms with Crippen LogP contribution in [0.15, 0.2) is 0 Å². The molecule has 3 N–H and O–H groups in total. The van der Waals surface area contributed by atoms with Crippen LogP contribution in [0.25, 0.3) is 0 Å². The summed E-state index contributed by atoms with van der Waals surface area (Å²) in [5.41, 5.74) is 0. The van der Waals surface area contributed by atoms with Crippen molar-refractivity contribution in [2.45, 2.75) is 39.2 Å². The largest absolute Gasteiger partial charge is 0.354 e. The van der Waals surface area contributed by atoms with E-state index in [1.807, 2.05) is 13.8 Å². The van der Waals surface area contributed by atoms with Gasteiger partial charge in [0, 0.05) is 19.0 Å². The summed E-state index contributed by atoms with van der Waals surface area (Å²) in [7, 11) is 0. The highest BCUT2D eigenvalue weighted by atomic mass is 35.5. The van der Waals surface area contributed by atoms with Crippen molar-refractivity contribution < 1.29 is 9.59 Å². The van der Waals surface area contributed by atoms with E-state index in [4.69, 9.17) is 0 Å². The smallest absolute Gasteiger partial charge is 0.237 e. The summed E-state index contributed by atoms with van der Waals surface area (Å²) < 4.78 is 0. The Morgan fingerprint density at radius 3 is 2.44 bits per heavy atom. The molecule has 0 saturated carbocycles. The maximum Gasteiger partial charge on any atom is 0.237 e. The van der Waals surface area contributed by atoms with E-state index in [0.29, 0.717) is 13.1 Å². The van der Waals surface area contributed by atoms with Crippen molar-refractivity contribution in [2.24, 2.45) is 5.92 Å². The topological polar surface area (TPSA) is 70.2 Å². The van der Waals surface area contributed by atoms with Gasteiger partial charge in [0.1, 0.15) is 0 Å². The third-order valence-corrected chi connectivity index (χ3v) is 2.87. The maximum atomic E-state index is 11.7. The van der Waals surface area contributed by atoms with Gasteiger partial charge in [-0.25, -0.2) is 0 Å². The van der Waals surface area contributed by atoms with Crippen LogP contribution in [0.4, 0.5) is 0 Å². The van der Waals surface area contributed by atoms with Crippen molar-refractivity contribution in [2.75, 3.05) is 19.6 Å². The zero-order valence-electron chi connectivity index (χ0n) is 11.1. The van der Waals surface area contributed by atoms with Crippen molar-refractivity contribution in [3.05, 3.63) is 0 Å². The van der Waals surface area contributed by atoms with Gasteiger partial charge in [-0.1, -0.05) is 20.3 Å². The summed E-state index contributed by atoms with van der Waals surface area (Å²) in [5, 5.41) is 8.78. The first-order chi connectivity index (χ1) is 8.11. The van der Waals surface area contributed by atoms with Crippen LogP contribution in [0.2, 0.25) is 0 Å². The first-order valence-electron chi connectivity index (χ1n) is 6.40. The highest BCUT2D eigenvalue weighted by Crippen LogP contribution is 2.06. The number of amides is 2. The lowest BCUT2D eigenvalue weighted by molar-refractivity contribution is -0.125. The van der Waals surface area contributed by atoms with E-state index in [1.165, 1.54) is 0 Å². The molecule has 0 bridgehead atoms. The molecule has 0 aromatic heterocycles. The summed E-state index contributed by atoms with van der Waals surface area (Å²) in [6.45, 7) is 5.60. The Bertz CT molecular complexity index is 266. The van der Waals surface area contributed by atoms with E-state index in [2.05, 4.69) is 16.0 Å². The zero-order valence-corrected chi connectivity index (χ0v) is 11.9. The molecule has 1 rings (SSSR count). The van der Waals surface area contributed by atoms with E-state index in [-0.39, 0.29) is 36.2 Å². The zero-order chi connectivity index (χ0) is 12.7. The van der Waals surface area contributed by atoms with E-state index in [1.54, 1.807) is 0 Å². The second-order valence-electron chi connectivity index (χ2n) is 4.74. The number of piperidine rings is 1. The van der Waals surface area contributed by atoms with Gasteiger partial charge in [0.25, 0.3) is 0 Å². The van der Waals surface area contributed by atoms with Crippen LogP contribution in [-0.4, -0.2) is 37.5 Å². The van der Waals surface area contributed by atoms with Gasteiger partial charge >= 0.3 is 0 Å². The highest BCUT2D eigenvalue weighted by molar-refractivity contribution is 5.85. The molecule has 0 aromatic carbocycles. The van der Waals surface area contributed by atoms with Crippen LogP contribution in [0.5, 0.6) is 0 Å². The minimum Gasteiger partial charge on any atom is -0.354 e. The van der Waals surface area contributed by atoms with Crippen molar-refractivity contribution in [1.29, 1.82) is 0 Å². The summed E-state index contributed by atoms with van der Waals surface area (Å²) in [6, 6.07) is -0.0513. The Labute approximate surface area is 115 Å². The molecule has 1 aliphatic heterocycles. The fourth-order valence-corrected chi connectivity index (χ4v) is 1.77. The Morgan fingerprint density at radius 2 is 1.89 bits per heavy atom. The SMILES string of the molecule is CC(C)C(=O)NCCNC(=O)C1CCCCN1.Cl. The van der Waals surface area contributed by atoms with Gasteiger partial charge in [0.2, 0.25) is 11.8 Å². The summed E-state index contributed by atoms with van der Waals surface area (Å²) >= 11 is 0. The van der Waals surface area contributed by atoms with Gasteiger partial charge < -0.3 is 16.0 Å². The number of nitrogens with one attached hydrogen (secondary N) is 3. The molecule has 1 unspecified atom stereocenters. The summed E-state index contributed by atoms with van der Waals surface area (Å²) in [6.07, 6.45) is 3.16. The molecule has 1 atom stereocenters. The lowest BCUT2D eigenvalue weighted by Gasteiger charge is -2.22. The molecule has 106 valence electrons. The number of carbonyl (C=O) groups is 2. The van der Waals surface area contributed by atoms with Gasteiger partial charge in [-0.2, -0.15) is 0 Å². The van der Waals surface area contributed by atoms with Gasteiger partial charge in [0.15, 0.2) is 0 Å². The predicted octanol–water partition coefficient (Wildman–Crippen LogP) is 0.439. The first kappa shape index (κ1) is 17.2. The monoisotopic (exact) mass is 277 g/mol. The number of carbonyl (C=O) groups excluding carboxylic acids is 2. The van der Waals surface area contributed by atoms with Crippen LogP contribution in [0.3, 0.4) is 0 Å². The fraction of sp³-hybridized carbons (Fsp3) is 0.833. The molecule has 0 radical (unpaired) electrons. The summed E-state index contributed by atoms with van der Waals surface area (Å²) in [5.74, 6) is 0.0595. The number of halogens is 1. The fourth-order valence-electron chi connectivity index (χ4n) is 1.77. The average Bonchev–Trinajstić information content (AvgIpc) is 2.35. The minimum absolute atomic E-state index is 0. The molecule has 6 heteroatoms. The van der Waals surface area contributed by atoms with Gasteiger partial charge in [0.05, 0.1) is 6.04 Å². The van der Waals surface area contributed by atoms with E-state index in [0.717, 1.165) is 25.8 Å². The molecule has 0 aromatic rings. The van der Waals surface area contributed by atoms with Gasteiger partial charge in [-0.05, 0) is 19.4 Å². The van der Waals surface area contributed by atoms with Crippen molar-refractivity contribution in [3.63, 3.8) is 0 Å². The minimum atomic E-state index is -0.0513. The van der Waals surface area contributed by atoms with Crippen molar-refractivity contribution in [3.8, 4) is 0 Å². The van der Waals surface area contributed by atoms with Crippen LogP contribution < -0.4 is 16.0 Å². The van der Waals surface area contributed by atoms with Crippen LogP contribution in [0.1, 0.15) is 33.1 Å². The van der Waals surface area contributed by atoms with Gasteiger partial charge in [-0.15, -0.1) is 12.4 Å². The number of hydrogen-bond acceptors (Lipinski definition) is 3. The van der Waals surface area contributed by atoms with Crippen LogP contribution in [0, 0.1) is 5.92 Å².